The fourth-order valence-electron chi connectivity index (χ4n) is 2.26. The predicted molar refractivity (Wildman–Crippen MR) is 63.4 cm³/mol. The maximum absolute atomic E-state index is 13.7. The predicted octanol–water partition coefficient (Wildman–Crippen LogP) is 2.12. The molecular formula is C13H12FNO3. The number of carbonyl (C=O) groups excluding carboxylic acids is 3. The summed E-state index contributed by atoms with van der Waals surface area (Å²) in [5.41, 5.74) is 0.766. The second-order valence-electron chi connectivity index (χ2n) is 4.25. The molecule has 2 rings (SSSR count). The van der Waals surface area contributed by atoms with E-state index in [0.29, 0.717) is 31.1 Å². The van der Waals surface area contributed by atoms with Crippen LogP contribution in [0, 0.1) is 5.82 Å². The van der Waals surface area contributed by atoms with Crippen LogP contribution in [0.2, 0.25) is 0 Å². The number of aldehydes is 1. The quantitative estimate of drug-likeness (QED) is 0.816. The number of carbonyl (C=O) groups is 3. The minimum atomic E-state index is -0.706. The van der Waals surface area contributed by atoms with Crippen molar-refractivity contribution in [3.05, 3.63) is 28.6 Å². The van der Waals surface area contributed by atoms with Gasteiger partial charge in [-0.3, -0.25) is 14.4 Å². The van der Waals surface area contributed by atoms with Gasteiger partial charge in [-0.2, -0.15) is 0 Å². The monoisotopic (exact) mass is 249 g/mol. The van der Waals surface area contributed by atoms with Crippen molar-refractivity contribution in [1.82, 2.24) is 0 Å². The van der Waals surface area contributed by atoms with Crippen molar-refractivity contribution >= 4 is 23.7 Å². The van der Waals surface area contributed by atoms with Gasteiger partial charge in [0, 0.05) is 18.9 Å². The Morgan fingerprint density at radius 1 is 1.44 bits per heavy atom. The molecule has 0 saturated carbocycles. The van der Waals surface area contributed by atoms with E-state index in [4.69, 9.17) is 0 Å². The first-order chi connectivity index (χ1) is 8.54. The summed E-state index contributed by atoms with van der Waals surface area (Å²) in [6.07, 6.45) is 1.84. The van der Waals surface area contributed by atoms with Crippen LogP contribution < -0.4 is 5.32 Å². The van der Waals surface area contributed by atoms with E-state index in [2.05, 4.69) is 5.32 Å². The van der Waals surface area contributed by atoms with Crippen molar-refractivity contribution in [2.24, 2.45) is 0 Å². The number of hydrogen-bond donors (Lipinski definition) is 1. The Hall–Kier alpha value is -2.04. The van der Waals surface area contributed by atoms with Crippen molar-refractivity contribution in [3.63, 3.8) is 0 Å². The molecule has 0 bridgehead atoms. The first-order valence-electron chi connectivity index (χ1n) is 5.66. The molecule has 0 spiro atoms. The van der Waals surface area contributed by atoms with Crippen LogP contribution in [0.25, 0.3) is 0 Å². The summed E-state index contributed by atoms with van der Waals surface area (Å²) < 4.78 is 13.7. The lowest BCUT2D eigenvalue weighted by atomic mass is 9.86. The molecule has 0 atom stereocenters. The molecule has 0 aromatic heterocycles. The zero-order valence-corrected chi connectivity index (χ0v) is 9.88. The van der Waals surface area contributed by atoms with Gasteiger partial charge in [0.2, 0.25) is 5.91 Å². The molecule has 0 radical (unpaired) electrons. The van der Waals surface area contributed by atoms with Gasteiger partial charge in [0.1, 0.15) is 5.82 Å². The zero-order chi connectivity index (χ0) is 13.3. The maximum Gasteiger partial charge on any atom is 0.221 e. The summed E-state index contributed by atoms with van der Waals surface area (Å²) in [6.45, 7) is 1.28. The first kappa shape index (κ1) is 12.4. The van der Waals surface area contributed by atoms with Crippen LogP contribution in [0.3, 0.4) is 0 Å². The number of ketones is 1. The van der Waals surface area contributed by atoms with Crippen LogP contribution >= 0.6 is 0 Å². The molecule has 1 aromatic rings. The molecule has 1 aliphatic carbocycles. The van der Waals surface area contributed by atoms with Crippen molar-refractivity contribution in [1.29, 1.82) is 0 Å². The molecule has 1 amide bonds. The lowest BCUT2D eigenvalue weighted by Crippen LogP contribution is -2.19. The Bertz CT molecular complexity index is 552. The summed E-state index contributed by atoms with van der Waals surface area (Å²) in [5, 5.41) is 2.44. The van der Waals surface area contributed by atoms with E-state index >= 15 is 0 Å². The number of halogens is 1. The highest BCUT2D eigenvalue weighted by Crippen LogP contribution is 2.32. The van der Waals surface area contributed by atoms with E-state index in [-0.39, 0.29) is 28.5 Å². The van der Waals surface area contributed by atoms with Crippen LogP contribution in [0.15, 0.2) is 6.07 Å². The minimum absolute atomic E-state index is 0.0767. The fourth-order valence-corrected chi connectivity index (χ4v) is 2.26. The van der Waals surface area contributed by atoms with Gasteiger partial charge in [0.25, 0.3) is 0 Å². The van der Waals surface area contributed by atoms with Gasteiger partial charge in [0.05, 0.1) is 11.3 Å². The highest BCUT2D eigenvalue weighted by molar-refractivity contribution is 6.08. The molecule has 4 nitrogen and oxygen atoms in total. The van der Waals surface area contributed by atoms with Crippen LogP contribution in [-0.4, -0.2) is 18.0 Å². The fraction of sp³-hybridized carbons (Fsp3) is 0.308. The number of rotatable bonds is 2. The number of anilines is 1. The van der Waals surface area contributed by atoms with E-state index in [1.807, 2.05) is 0 Å². The topological polar surface area (TPSA) is 63.2 Å². The van der Waals surface area contributed by atoms with Gasteiger partial charge in [-0.05, 0) is 24.5 Å². The van der Waals surface area contributed by atoms with E-state index in [9.17, 15) is 18.8 Å². The van der Waals surface area contributed by atoms with Gasteiger partial charge >= 0.3 is 0 Å². The zero-order valence-electron chi connectivity index (χ0n) is 9.88. The summed E-state index contributed by atoms with van der Waals surface area (Å²) in [6, 6.07) is 1.03. The third kappa shape index (κ3) is 2.03. The van der Waals surface area contributed by atoms with Crippen molar-refractivity contribution < 1.29 is 18.8 Å². The van der Waals surface area contributed by atoms with Crippen molar-refractivity contribution in [3.8, 4) is 0 Å². The average Bonchev–Trinajstić information content (AvgIpc) is 2.28. The Kier molecular flexibility index (Phi) is 3.23. The lowest BCUT2D eigenvalue weighted by Gasteiger charge is -2.20. The minimum Gasteiger partial charge on any atom is -0.326 e. The van der Waals surface area contributed by atoms with Crippen LogP contribution in [0.5, 0.6) is 0 Å². The largest absolute Gasteiger partial charge is 0.326 e. The summed E-state index contributed by atoms with van der Waals surface area (Å²) >= 11 is 0. The second-order valence-corrected chi connectivity index (χ2v) is 4.25. The normalized spacial score (nSPS) is 14.0. The molecule has 0 unspecified atom stereocenters. The van der Waals surface area contributed by atoms with Gasteiger partial charge < -0.3 is 5.32 Å². The van der Waals surface area contributed by atoms with Crippen LogP contribution in [0.4, 0.5) is 10.1 Å². The van der Waals surface area contributed by atoms with E-state index in [1.165, 1.54) is 6.92 Å². The number of amides is 1. The summed E-state index contributed by atoms with van der Waals surface area (Å²) in [4.78, 5) is 33.8. The van der Waals surface area contributed by atoms with Crippen LogP contribution in [0.1, 0.15) is 46.0 Å². The average molecular weight is 249 g/mol. The summed E-state index contributed by atoms with van der Waals surface area (Å²) in [7, 11) is 0. The number of fused-ring (bicyclic) bond motifs is 1. The smallest absolute Gasteiger partial charge is 0.221 e. The number of Topliss-reactive ketones (excluding diaryl/α,β-unsaturated/α-hetero) is 1. The molecule has 5 heteroatoms. The molecule has 0 saturated heterocycles. The molecule has 0 aliphatic heterocycles. The first-order valence-corrected chi connectivity index (χ1v) is 5.66. The molecule has 1 N–H and O–H groups in total. The van der Waals surface area contributed by atoms with E-state index in [0.717, 1.165) is 6.07 Å². The Balaban J connectivity index is 2.68. The SMILES string of the molecule is CC(=O)Nc1cc(F)c(C=O)c2c1C(=O)CCC2. The van der Waals surface area contributed by atoms with Gasteiger partial charge in [-0.15, -0.1) is 0 Å². The summed E-state index contributed by atoms with van der Waals surface area (Å²) in [5.74, 6) is -1.25. The Labute approximate surface area is 103 Å². The molecule has 0 heterocycles. The van der Waals surface area contributed by atoms with Crippen molar-refractivity contribution in [2.75, 3.05) is 5.32 Å². The van der Waals surface area contributed by atoms with E-state index in [1.54, 1.807) is 0 Å². The Morgan fingerprint density at radius 3 is 2.78 bits per heavy atom. The second kappa shape index (κ2) is 4.68. The highest BCUT2D eigenvalue weighted by Gasteiger charge is 2.26. The Morgan fingerprint density at radius 2 is 2.17 bits per heavy atom. The van der Waals surface area contributed by atoms with Gasteiger partial charge in [-0.25, -0.2) is 4.39 Å². The van der Waals surface area contributed by atoms with Crippen molar-refractivity contribution in [2.45, 2.75) is 26.2 Å². The molecule has 18 heavy (non-hydrogen) atoms. The molecule has 0 fully saturated rings. The molecular weight excluding hydrogens is 237 g/mol. The van der Waals surface area contributed by atoms with Gasteiger partial charge in [-0.1, -0.05) is 0 Å². The highest BCUT2D eigenvalue weighted by atomic mass is 19.1. The molecule has 1 aromatic carbocycles. The number of nitrogens with one attached hydrogen (secondary N) is 1. The third-order valence-electron chi connectivity index (χ3n) is 2.96. The number of hydrogen-bond acceptors (Lipinski definition) is 3. The molecule has 94 valence electrons. The van der Waals surface area contributed by atoms with Crippen LogP contribution in [-0.2, 0) is 11.2 Å². The standard InChI is InChI=1S/C13H12FNO3/c1-7(17)15-11-5-10(14)9(6-16)8-3-2-4-12(18)13(8)11/h5-6H,2-4H2,1H3,(H,15,17). The van der Waals surface area contributed by atoms with Gasteiger partial charge in [0.15, 0.2) is 12.1 Å². The maximum atomic E-state index is 13.7. The van der Waals surface area contributed by atoms with E-state index < -0.39 is 5.82 Å². The number of benzene rings is 1. The third-order valence-corrected chi connectivity index (χ3v) is 2.96. The lowest BCUT2D eigenvalue weighted by molar-refractivity contribution is -0.114. The molecule has 1 aliphatic rings.